The summed E-state index contributed by atoms with van der Waals surface area (Å²) in [4.78, 5) is 8.94. The second-order valence-electron chi connectivity index (χ2n) is 6.42. The van der Waals surface area contributed by atoms with Crippen LogP contribution in [0, 0.1) is 0 Å². The normalized spacial score (nSPS) is 12.1. The minimum atomic E-state index is -0.919. The van der Waals surface area contributed by atoms with Crippen LogP contribution in [0.25, 0.3) is 11.4 Å². The van der Waals surface area contributed by atoms with Crippen molar-refractivity contribution in [2.24, 2.45) is 0 Å². The third-order valence-electron chi connectivity index (χ3n) is 4.26. The van der Waals surface area contributed by atoms with Crippen LogP contribution in [-0.2, 0) is 6.42 Å². The summed E-state index contributed by atoms with van der Waals surface area (Å²) in [6.45, 7) is 4.14. The first kappa shape index (κ1) is 19.4. The van der Waals surface area contributed by atoms with Crippen LogP contribution in [0.1, 0.15) is 57.9 Å². The number of aryl methyl sites for hydroxylation is 1. The lowest BCUT2D eigenvalue weighted by molar-refractivity contribution is 0.192. The first-order chi connectivity index (χ1) is 12.2. The Hall–Kier alpha value is -1.97. The molecule has 0 aliphatic heterocycles. The van der Waals surface area contributed by atoms with Crippen molar-refractivity contribution in [2.75, 3.05) is 6.61 Å². The Labute approximate surface area is 150 Å². The fourth-order valence-electron chi connectivity index (χ4n) is 2.57. The maximum atomic E-state index is 13.2. The van der Waals surface area contributed by atoms with Gasteiger partial charge in [-0.25, -0.2) is 14.4 Å². The molecule has 0 saturated heterocycles. The average Bonchev–Trinajstić information content (AvgIpc) is 2.67. The first-order valence-corrected chi connectivity index (χ1v) is 9.41. The number of benzene rings is 1. The van der Waals surface area contributed by atoms with E-state index in [1.807, 2.05) is 43.6 Å². The van der Waals surface area contributed by atoms with Gasteiger partial charge in [-0.3, -0.25) is 0 Å². The molecule has 4 heteroatoms. The van der Waals surface area contributed by atoms with Crippen LogP contribution >= 0.6 is 0 Å². The zero-order chi connectivity index (χ0) is 17.9. The molecule has 0 saturated carbocycles. The number of halogens is 1. The largest absolute Gasteiger partial charge is 0.491 e. The molecule has 0 spiro atoms. The van der Waals surface area contributed by atoms with E-state index in [-0.39, 0.29) is 6.61 Å². The van der Waals surface area contributed by atoms with E-state index < -0.39 is 6.17 Å². The Morgan fingerprint density at radius 1 is 0.960 bits per heavy atom. The number of hydrogen-bond acceptors (Lipinski definition) is 3. The van der Waals surface area contributed by atoms with E-state index in [4.69, 9.17) is 4.74 Å². The highest BCUT2D eigenvalue weighted by Crippen LogP contribution is 2.20. The standard InChI is InChI=1S/C21H29FN2O/c1-3-5-6-7-8-9-17-14-23-21(24-15-17)18-10-12-20(13-11-18)25-16-19(22)4-2/h10-15,19H,3-9,16H2,1-2H3. The molecule has 136 valence electrons. The average molecular weight is 344 g/mol. The van der Waals surface area contributed by atoms with Crippen LogP contribution in [-0.4, -0.2) is 22.7 Å². The van der Waals surface area contributed by atoms with Gasteiger partial charge >= 0.3 is 0 Å². The molecular formula is C21H29FN2O. The lowest BCUT2D eigenvalue weighted by Crippen LogP contribution is -2.11. The molecule has 1 atom stereocenters. The summed E-state index contributed by atoms with van der Waals surface area (Å²) in [7, 11) is 0. The van der Waals surface area contributed by atoms with Crippen molar-refractivity contribution < 1.29 is 9.13 Å². The number of ether oxygens (including phenoxy) is 1. The molecule has 1 aromatic carbocycles. The maximum absolute atomic E-state index is 13.2. The molecule has 2 aromatic rings. The lowest BCUT2D eigenvalue weighted by Gasteiger charge is -2.09. The molecule has 2 rings (SSSR count). The Kier molecular flexibility index (Phi) is 8.36. The minimum absolute atomic E-state index is 0.0965. The van der Waals surface area contributed by atoms with Gasteiger partial charge in [0.05, 0.1) is 0 Å². The molecule has 1 aromatic heterocycles. The number of rotatable bonds is 11. The van der Waals surface area contributed by atoms with Crippen LogP contribution in [0.15, 0.2) is 36.7 Å². The summed E-state index contributed by atoms with van der Waals surface area (Å²) in [5.41, 5.74) is 2.13. The predicted octanol–water partition coefficient (Wildman–Crippen LogP) is 5.78. The van der Waals surface area contributed by atoms with Gasteiger partial charge in [-0.15, -0.1) is 0 Å². The van der Waals surface area contributed by atoms with Crippen LogP contribution in [0.5, 0.6) is 5.75 Å². The Bertz CT molecular complexity index is 598. The van der Waals surface area contributed by atoms with Gasteiger partial charge in [0, 0.05) is 18.0 Å². The maximum Gasteiger partial charge on any atom is 0.159 e. The van der Waals surface area contributed by atoms with Gasteiger partial charge in [0.15, 0.2) is 5.82 Å². The highest BCUT2D eigenvalue weighted by atomic mass is 19.1. The van der Waals surface area contributed by atoms with E-state index >= 15 is 0 Å². The van der Waals surface area contributed by atoms with Gasteiger partial charge in [0.25, 0.3) is 0 Å². The van der Waals surface area contributed by atoms with Gasteiger partial charge in [-0.2, -0.15) is 0 Å². The summed E-state index contributed by atoms with van der Waals surface area (Å²) in [5.74, 6) is 1.38. The topological polar surface area (TPSA) is 35.0 Å². The van der Waals surface area contributed by atoms with Crippen molar-refractivity contribution in [3.63, 3.8) is 0 Å². The Balaban J connectivity index is 1.84. The zero-order valence-electron chi connectivity index (χ0n) is 15.4. The molecule has 0 bridgehead atoms. The van der Waals surface area contributed by atoms with Gasteiger partial charge in [0.1, 0.15) is 18.5 Å². The van der Waals surface area contributed by atoms with E-state index in [1.165, 1.54) is 37.7 Å². The summed E-state index contributed by atoms with van der Waals surface area (Å²) in [6.07, 6.45) is 10.8. The zero-order valence-corrected chi connectivity index (χ0v) is 15.4. The number of aromatic nitrogens is 2. The van der Waals surface area contributed by atoms with Crippen molar-refractivity contribution in [3.8, 4) is 17.1 Å². The van der Waals surface area contributed by atoms with E-state index in [0.717, 1.165) is 12.0 Å². The highest BCUT2D eigenvalue weighted by molar-refractivity contribution is 5.55. The molecule has 0 fully saturated rings. The number of unbranched alkanes of at least 4 members (excludes halogenated alkanes) is 4. The number of hydrogen-bond donors (Lipinski definition) is 0. The monoisotopic (exact) mass is 344 g/mol. The summed E-state index contributed by atoms with van der Waals surface area (Å²) in [6, 6.07) is 7.49. The van der Waals surface area contributed by atoms with Gasteiger partial charge in [-0.1, -0.05) is 39.5 Å². The fourth-order valence-corrected chi connectivity index (χ4v) is 2.57. The molecule has 0 aliphatic rings. The van der Waals surface area contributed by atoms with Crippen molar-refractivity contribution in [1.82, 2.24) is 9.97 Å². The Morgan fingerprint density at radius 2 is 1.64 bits per heavy atom. The fraction of sp³-hybridized carbons (Fsp3) is 0.524. The lowest BCUT2D eigenvalue weighted by atomic mass is 10.1. The smallest absolute Gasteiger partial charge is 0.159 e. The van der Waals surface area contributed by atoms with Crippen molar-refractivity contribution in [3.05, 3.63) is 42.2 Å². The van der Waals surface area contributed by atoms with Crippen LogP contribution in [0.4, 0.5) is 4.39 Å². The number of alkyl halides is 1. The predicted molar refractivity (Wildman–Crippen MR) is 101 cm³/mol. The molecular weight excluding hydrogens is 315 g/mol. The molecule has 1 heterocycles. The third kappa shape index (κ3) is 6.81. The Morgan fingerprint density at radius 3 is 2.28 bits per heavy atom. The molecule has 0 radical (unpaired) electrons. The second kappa shape index (κ2) is 10.8. The highest BCUT2D eigenvalue weighted by Gasteiger charge is 2.06. The first-order valence-electron chi connectivity index (χ1n) is 9.41. The van der Waals surface area contributed by atoms with Crippen LogP contribution < -0.4 is 4.74 Å². The van der Waals surface area contributed by atoms with Crippen molar-refractivity contribution in [1.29, 1.82) is 0 Å². The van der Waals surface area contributed by atoms with E-state index in [9.17, 15) is 4.39 Å². The number of nitrogens with zero attached hydrogens (tertiary/aromatic N) is 2. The quantitative estimate of drug-likeness (QED) is 0.484. The molecule has 25 heavy (non-hydrogen) atoms. The minimum Gasteiger partial charge on any atom is -0.491 e. The van der Waals surface area contributed by atoms with Gasteiger partial charge < -0.3 is 4.74 Å². The van der Waals surface area contributed by atoms with Crippen LogP contribution in [0.2, 0.25) is 0 Å². The van der Waals surface area contributed by atoms with Crippen LogP contribution in [0.3, 0.4) is 0 Å². The van der Waals surface area contributed by atoms with Crippen molar-refractivity contribution in [2.45, 2.75) is 65.0 Å². The molecule has 1 unspecified atom stereocenters. The summed E-state index contributed by atoms with van der Waals surface area (Å²) >= 11 is 0. The summed E-state index contributed by atoms with van der Waals surface area (Å²) in [5, 5.41) is 0. The van der Waals surface area contributed by atoms with E-state index in [1.54, 1.807) is 0 Å². The molecule has 0 amide bonds. The van der Waals surface area contributed by atoms with E-state index in [0.29, 0.717) is 18.0 Å². The van der Waals surface area contributed by atoms with Crippen molar-refractivity contribution >= 4 is 0 Å². The van der Waals surface area contributed by atoms with Gasteiger partial charge in [0.2, 0.25) is 0 Å². The SMILES string of the molecule is CCCCCCCc1cnc(-c2ccc(OCC(F)CC)cc2)nc1. The second-order valence-corrected chi connectivity index (χ2v) is 6.42. The third-order valence-corrected chi connectivity index (χ3v) is 4.26. The molecule has 0 aliphatic carbocycles. The summed E-state index contributed by atoms with van der Waals surface area (Å²) < 4.78 is 18.6. The van der Waals surface area contributed by atoms with Gasteiger partial charge in [-0.05, 0) is 49.1 Å². The molecule has 0 N–H and O–H groups in total. The molecule has 3 nitrogen and oxygen atoms in total. The van der Waals surface area contributed by atoms with E-state index in [2.05, 4.69) is 16.9 Å².